The summed E-state index contributed by atoms with van der Waals surface area (Å²) in [4.78, 5) is 8.37. The average molecular weight is 220 g/mol. The van der Waals surface area contributed by atoms with Crippen LogP contribution in [0.3, 0.4) is 0 Å². The van der Waals surface area contributed by atoms with Crippen LogP contribution >= 0.6 is 0 Å². The number of hydrogen-bond acceptors (Lipinski definition) is 5. The molecule has 16 heavy (non-hydrogen) atoms. The molecule has 0 bridgehead atoms. The van der Waals surface area contributed by atoms with Crippen LogP contribution in [0.5, 0.6) is 5.88 Å². The normalized spacial score (nSPS) is 14.2. The van der Waals surface area contributed by atoms with E-state index in [0.717, 1.165) is 31.2 Å². The second-order valence-electron chi connectivity index (χ2n) is 3.45. The maximum atomic E-state index is 5.33. The van der Waals surface area contributed by atoms with Crippen molar-refractivity contribution in [2.24, 2.45) is 4.99 Å². The second kappa shape index (κ2) is 5.34. The van der Waals surface area contributed by atoms with Crippen molar-refractivity contribution in [1.29, 1.82) is 0 Å². The molecule has 2 rings (SSSR count). The summed E-state index contributed by atoms with van der Waals surface area (Å²) in [7, 11) is 0. The fourth-order valence-electron chi connectivity index (χ4n) is 1.49. The maximum absolute atomic E-state index is 5.33. The first-order valence-electron chi connectivity index (χ1n) is 5.48. The first-order chi connectivity index (χ1) is 7.88. The monoisotopic (exact) mass is 220 g/mol. The highest BCUT2D eigenvalue weighted by atomic mass is 16.5. The molecule has 0 aromatic carbocycles. The molecule has 2 heterocycles. The molecule has 1 aromatic heterocycles. The Morgan fingerprint density at radius 2 is 2.50 bits per heavy atom. The number of pyridine rings is 1. The lowest BCUT2D eigenvalue weighted by molar-refractivity contribution is 0.326. The first-order valence-corrected chi connectivity index (χ1v) is 5.48. The van der Waals surface area contributed by atoms with Crippen LogP contribution in [0.4, 0.5) is 0 Å². The number of ether oxygens (including phenoxy) is 1. The highest BCUT2D eigenvalue weighted by Gasteiger charge is 2.04. The van der Waals surface area contributed by atoms with Gasteiger partial charge in [-0.15, -0.1) is 0 Å². The van der Waals surface area contributed by atoms with E-state index in [2.05, 4.69) is 20.6 Å². The van der Waals surface area contributed by atoms with Gasteiger partial charge in [0, 0.05) is 25.4 Å². The van der Waals surface area contributed by atoms with Gasteiger partial charge in [0.15, 0.2) is 5.96 Å². The highest BCUT2D eigenvalue weighted by molar-refractivity contribution is 5.81. The molecule has 5 nitrogen and oxygen atoms in total. The zero-order chi connectivity index (χ0) is 11.2. The molecule has 0 aliphatic carbocycles. The van der Waals surface area contributed by atoms with Crippen LogP contribution in [0.25, 0.3) is 0 Å². The summed E-state index contributed by atoms with van der Waals surface area (Å²) in [5.41, 5.74) is 1.13. The van der Waals surface area contributed by atoms with Gasteiger partial charge in [0.1, 0.15) is 0 Å². The molecule has 1 aromatic rings. The molecule has 0 fully saturated rings. The van der Waals surface area contributed by atoms with Gasteiger partial charge in [0.05, 0.1) is 13.2 Å². The van der Waals surface area contributed by atoms with Crippen LogP contribution in [0.1, 0.15) is 12.5 Å². The fourth-order valence-corrected chi connectivity index (χ4v) is 1.49. The number of guanidine groups is 1. The van der Waals surface area contributed by atoms with Gasteiger partial charge in [-0.1, -0.05) is 0 Å². The Hall–Kier alpha value is -1.78. The molecule has 0 saturated heterocycles. The van der Waals surface area contributed by atoms with E-state index in [4.69, 9.17) is 4.74 Å². The van der Waals surface area contributed by atoms with E-state index in [-0.39, 0.29) is 0 Å². The van der Waals surface area contributed by atoms with Crippen molar-refractivity contribution in [3.05, 3.63) is 23.9 Å². The van der Waals surface area contributed by atoms with Crippen LogP contribution < -0.4 is 15.4 Å². The average Bonchev–Trinajstić information content (AvgIpc) is 2.80. The predicted octanol–water partition coefficient (Wildman–Crippen LogP) is 0.529. The first kappa shape index (κ1) is 10.7. The van der Waals surface area contributed by atoms with Gasteiger partial charge in [0.25, 0.3) is 0 Å². The molecule has 1 aliphatic rings. The van der Waals surface area contributed by atoms with Crippen LogP contribution in [0.15, 0.2) is 23.3 Å². The van der Waals surface area contributed by atoms with Crippen molar-refractivity contribution in [1.82, 2.24) is 15.6 Å². The van der Waals surface area contributed by atoms with E-state index in [1.807, 2.05) is 19.1 Å². The third kappa shape index (κ3) is 2.85. The predicted molar refractivity (Wildman–Crippen MR) is 62.6 cm³/mol. The van der Waals surface area contributed by atoms with E-state index in [1.165, 1.54) is 0 Å². The molecular weight excluding hydrogens is 204 g/mol. The third-order valence-corrected chi connectivity index (χ3v) is 2.23. The van der Waals surface area contributed by atoms with Gasteiger partial charge in [-0.05, 0) is 18.6 Å². The lowest BCUT2D eigenvalue weighted by Crippen LogP contribution is -2.33. The van der Waals surface area contributed by atoms with Crippen molar-refractivity contribution >= 4 is 5.96 Å². The Labute approximate surface area is 94.9 Å². The van der Waals surface area contributed by atoms with Gasteiger partial charge in [0.2, 0.25) is 5.88 Å². The van der Waals surface area contributed by atoms with E-state index in [0.29, 0.717) is 12.5 Å². The lowest BCUT2D eigenvalue weighted by atomic mass is 10.2. The Bertz CT molecular complexity index is 378. The van der Waals surface area contributed by atoms with Crippen molar-refractivity contribution in [2.45, 2.75) is 13.5 Å². The molecule has 0 saturated carbocycles. The van der Waals surface area contributed by atoms with E-state index < -0.39 is 0 Å². The van der Waals surface area contributed by atoms with Gasteiger partial charge < -0.3 is 15.4 Å². The summed E-state index contributed by atoms with van der Waals surface area (Å²) >= 11 is 0. The number of hydrogen-bond donors (Lipinski definition) is 2. The summed E-state index contributed by atoms with van der Waals surface area (Å²) in [6.07, 6.45) is 1.76. The molecule has 0 unspecified atom stereocenters. The van der Waals surface area contributed by atoms with Gasteiger partial charge in [-0.2, -0.15) is 0 Å². The summed E-state index contributed by atoms with van der Waals surface area (Å²) in [5, 5.41) is 6.38. The number of rotatable bonds is 4. The minimum atomic E-state index is 0.637. The van der Waals surface area contributed by atoms with Crippen LogP contribution in [0.2, 0.25) is 0 Å². The highest BCUT2D eigenvalue weighted by Crippen LogP contribution is 2.08. The zero-order valence-corrected chi connectivity index (χ0v) is 9.36. The van der Waals surface area contributed by atoms with Crippen LogP contribution in [-0.2, 0) is 6.54 Å². The Morgan fingerprint density at radius 1 is 1.56 bits per heavy atom. The van der Waals surface area contributed by atoms with Crippen molar-refractivity contribution in [2.75, 3.05) is 19.7 Å². The van der Waals surface area contributed by atoms with Crippen molar-refractivity contribution < 1.29 is 4.74 Å². The molecule has 0 amide bonds. The molecule has 5 heteroatoms. The smallest absolute Gasteiger partial charge is 0.213 e. The topological polar surface area (TPSA) is 58.5 Å². The maximum Gasteiger partial charge on any atom is 0.213 e. The molecule has 1 aliphatic heterocycles. The summed E-state index contributed by atoms with van der Waals surface area (Å²) in [6.45, 7) is 5.09. The van der Waals surface area contributed by atoms with Crippen LogP contribution in [0, 0.1) is 0 Å². The van der Waals surface area contributed by atoms with Crippen molar-refractivity contribution in [3.63, 3.8) is 0 Å². The van der Waals surface area contributed by atoms with Gasteiger partial charge in [-0.3, -0.25) is 4.99 Å². The van der Waals surface area contributed by atoms with Gasteiger partial charge >= 0.3 is 0 Å². The molecule has 0 spiro atoms. The number of nitrogens with zero attached hydrogens (tertiary/aromatic N) is 2. The standard InChI is InChI=1S/C11H16N4O/c1-2-16-10-7-9(3-4-12-10)8-15-11-13-5-6-14-11/h3-4,7H,2,5-6,8H2,1H3,(H2,13,14,15). The van der Waals surface area contributed by atoms with Gasteiger partial charge in [-0.25, -0.2) is 4.98 Å². The molecule has 0 atom stereocenters. The minimum Gasteiger partial charge on any atom is -0.478 e. The Kier molecular flexibility index (Phi) is 3.58. The number of aromatic nitrogens is 1. The SMILES string of the molecule is CCOc1cc(CNC2=NCCN2)ccn1. The quantitative estimate of drug-likeness (QED) is 0.777. The molecule has 86 valence electrons. The Morgan fingerprint density at radius 3 is 3.25 bits per heavy atom. The zero-order valence-electron chi connectivity index (χ0n) is 9.36. The fraction of sp³-hybridized carbons (Fsp3) is 0.455. The molecular formula is C11H16N4O. The largest absolute Gasteiger partial charge is 0.478 e. The number of aliphatic imine (C=N–C) groups is 1. The summed E-state index contributed by atoms with van der Waals surface area (Å²) in [5.74, 6) is 1.54. The third-order valence-electron chi connectivity index (χ3n) is 2.23. The van der Waals surface area contributed by atoms with E-state index >= 15 is 0 Å². The summed E-state index contributed by atoms with van der Waals surface area (Å²) < 4.78 is 5.33. The minimum absolute atomic E-state index is 0.637. The lowest BCUT2D eigenvalue weighted by Gasteiger charge is -2.07. The van der Waals surface area contributed by atoms with E-state index in [1.54, 1.807) is 6.20 Å². The van der Waals surface area contributed by atoms with Crippen molar-refractivity contribution in [3.8, 4) is 5.88 Å². The summed E-state index contributed by atoms with van der Waals surface area (Å²) in [6, 6.07) is 3.90. The molecule has 0 radical (unpaired) electrons. The Balaban J connectivity index is 1.90. The van der Waals surface area contributed by atoms with Crippen LogP contribution in [-0.4, -0.2) is 30.6 Å². The molecule has 2 N–H and O–H groups in total. The number of nitrogens with one attached hydrogen (secondary N) is 2. The second-order valence-corrected chi connectivity index (χ2v) is 3.45. The van der Waals surface area contributed by atoms with E-state index in [9.17, 15) is 0 Å².